The van der Waals surface area contributed by atoms with Crippen LogP contribution < -0.4 is 0 Å². The van der Waals surface area contributed by atoms with Crippen molar-refractivity contribution in [1.82, 2.24) is 0 Å². The highest BCUT2D eigenvalue weighted by molar-refractivity contribution is 5.92. The van der Waals surface area contributed by atoms with Crippen molar-refractivity contribution in [2.75, 3.05) is 7.11 Å². The fourth-order valence-electron chi connectivity index (χ4n) is 5.66. The van der Waals surface area contributed by atoms with Gasteiger partial charge in [0, 0.05) is 10.8 Å². The molecule has 0 radical (unpaired) electrons. The molecule has 3 rings (SSSR count). The number of esters is 1. The van der Waals surface area contributed by atoms with Gasteiger partial charge in [-0.3, -0.25) is 0 Å². The molecular weight excluding hydrogens is 240 g/mol. The molecule has 5 atom stereocenters. The van der Waals surface area contributed by atoms with Gasteiger partial charge in [-0.1, -0.05) is 19.4 Å². The summed E-state index contributed by atoms with van der Waals surface area (Å²) >= 11 is 0. The summed E-state index contributed by atoms with van der Waals surface area (Å²) in [7, 11) is 1.40. The number of ether oxygens (including phenoxy) is 1. The Morgan fingerprint density at radius 1 is 1.37 bits per heavy atom. The minimum Gasteiger partial charge on any atom is -0.466 e. The minimum atomic E-state index is -0.657. The molecule has 0 amide bonds. The molecule has 0 unspecified atom stereocenters. The predicted molar refractivity (Wildman–Crippen MR) is 72.4 cm³/mol. The van der Waals surface area contributed by atoms with Gasteiger partial charge >= 0.3 is 5.97 Å². The lowest BCUT2D eigenvalue weighted by Gasteiger charge is -2.42. The second-order valence-corrected chi connectivity index (χ2v) is 6.98. The van der Waals surface area contributed by atoms with E-state index in [1.165, 1.54) is 20.0 Å². The molecule has 0 aromatic rings. The van der Waals surface area contributed by atoms with Crippen LogP contribution in [0.1, 0.15) is 46.5 Å². The Morgan fingerprint density at radius 3 is 2.68 bits per heavy atom. The summed E-state index contributed by atoms with van der Waals surface area (Å²) in [6.07, 6.45) is 3.86. The van der Waals surface area contributed by atoms with Crippen molar-refractivity contribution in [2.24, 2.45) is 22.7 Å². The number of aliphatic hydroxyl groups excluding tert-OH is 1. The lowest BCUT2D eigenvalue weighted by atomic mass is 9.62. The van der Waals surface area contributed by atoms with Gasteiger partial charge in [-0.2, -0.15) is 0 Å². The van der Waals surface area contributed by atoms with Gasteiger partial charge < -0.3 is 9.84 Å². The predicted octanol–water partition coefficient (Wildman–Crippen LogP) is 2.68. The number of hydrogen-bond donors (Lipinski definition) is 1. The summed E-state index contributed by atoms with van der Waals surface area (Å²) in [5, 5.41) is 10.8. The highest BCUT2D eigenvalue weighted by Gasteiger charge is 2.69. The van der Waals surface area contributed by atoms with Crippen molar-refractivity contribution < 1.29 is 14.6 Å². The Morgan fingerprint density at radius 2 is 2.05 bits per heavy atom. The highest BCUT2D eigenvalue weighted by Crippen LogP contribution is 2.73. The van der Waals surface area contributed by atoms with Crippen LogP contribution in [0.3, 0.4) is 0 Å². The Kier molecular flexibility index (Phi) is 2.66. The van der Waals surface area contributed by atoms with Crippen molar-refractivity contribution in [3.05, 3.63) is 11.1 Å². The molecule has 0 saturated heterocycles. The molecular formula is C16H24O3. The molecule has 0 aromatic heterocycles. The van der Waals surface area contributed by atoms with Crippen LogP contribution in [0.2, 0.25) is 0 Å². The summed E-state index contributed by atoms with van der Waals surface area (Å²) in [6.45, 7) is 6.55. The normalized spacial score (nSPS) is 48.4. The zero-order valence-corrected chi connectivity index (χ0v) is 12.3. The van der Waals surface area contributed by atoms with Crippen LogP contribution in [0.25, 0.3) is 0 Å². The van der Waals surface area contributed by atoms with E-state index in [1.807, 2.05) is 0 Å². The van der Waals surface area contributed by atoms with Gasteiger partial charge in [-0.05, 0) is 44.4 Å². The first-order valence-corrected chi connectivity index (χ1v) is 7.38. The maximum atomic E-state index is 12.0. The molecule has 0 aromatic carbocycles. The van der Waals surface area contributed by atoms with E-state index < -0.39 is 6.10 Å². The maximum Gasteiger partial charge on any atom is 0.336 e. The van der Waals surface area contributed by atoms with Crippen molar-refractivity contribution in [2.45, 2.75) is 52.6 Å². The van der Waals surface area contributed by atoms with Gasteiger partial charge in [0.2, 0.25) is 0 Å². The average molecular weight is 264 g/mol. The average Bonchev–Trinajstić information content (AvgIpc) is 2.92. The number of allylic oxidation sites excluding steroid dienone is 1. The third-order valence-corrected chi connectivity index (χ3v) is 6.66. The van der Waals surface area contributed by atoms with Crippen LogP contribution in [-0.4, -0.2) is 24.3 Å². The summed E-state index contributed by atoms with van der Waals surface area (Å²) in [5.41, 5.74) is 1.52. The lowest BCUT2D eigenvalue weighted by molar-refractivity contribution is -0.137. The van der Waals surface area contributed by atoms with Gasteiger partial charge in [0.1, 0.15) is 0 Å². The quantitative estimate of drug-likeness (QED) is 0.741. The van der Waals surface area contributed by atoms with Crippen molar-refractivity contribution in [3.63, 3.8) is 0 Å². The smallest absolute Gasteiger partial charge is 0.336 e. The lowest BCUT2D eigenvalue weighted by Crippen LogP contribution is -2.41. The molecule has 1 N–H and O–H groups in total. The monoisotopic (exact) mass is 264 g/mol. The van der Waals surface area contributed by atoms with E-state index >= 15 is 0 Å². The van der Waals surface area contributed by atoms with E-state index in [4.69, 9.17) is 4.74 Å². The zero-order chi connectivity index (χ0) is 14.0. The Bertz CT molecular complexity index is 467. The van der Waals surface area contributed by atoms with E-state index in [-0.39, 0.29) is 16.8 Å². The third kappa shape index (κ3) is 1.25. The molecule has 0 aliphatic heterocycles. The van der Waals surface area contributed by atoms with Crippen molar-refractivity contribution in [3.8, 4) is 0 Å². The van der Waals surface area contributed by atoms with Crippen LogP contribution in [-0.2, 0) is 9.53 Å². The summed E-state index contributed by atoms with van der Waals surface area (Å²) in [5.74, 6) is 0.976. The molecule has 2 fully saturated rings. The first-order valence-electron chi connectivity index (χ1n) is 7.38. The van der Waals surface area contributed by atoms with Crippen LogP contribution in [0.4, 0.5) is 0 Å². The standard InChI is InChI=1S/C16H24O3/c1-9-5-8-16-10(2)12(14(18)19-4)13(17)15(16,3)7-6-11(9)16/h9,11,13,17H,5-8H2,1-4H3/t9-,11+,13+,15+,16+/m1/s1. The van der Waals surface area contributed by atoms with Crippen molar-refractivity contribution >= 4 is 5.97 Å². The molecule has 3 aliphatic rings. The number of hydrogen-bond acceptors (Lipinski definition) is 3. The summed E-state index contributed by atoms with van der Waals surface area (Å²) < 4.78 is 4.90. The van der Waals surface area contributed by atoms with Gasteiger partial charge in [0.15, 0.2) is 0 Å². The topological polar surface area (TPSA) is 46.5 Å². The molecule has 0 heterocycles. The van der Waals surface area contributed by atoms with Gasteiger partial charge in [-0.15, -0.1) is 0 Å². The molecule has 106 valence electrons. The van der Waals surface area contributed by atoms with E-state index in [9.17, 15) is 9.90 Å². The molecule has 0 bridgehead atoms. The second kappa shape index (κ2) is 3.85. The second-order valence-electron chi connectivity index (χ2n) is 6.98. The Balaban J connectivity index is 2.17. The Labute approximate surface area is 115 Å². The zero-order valence-electron chi connectivity index (χ0n) is 12.3. The van der Waals surface area contributed by atoms with E-state index in [0.717, 1.165) is 18.4 Å². The Hall–Kier alpha value is -0.830. The fraction of sp³-hybridized carbons (Fsp3) is 0.812. The van der Waals surface area contributed by atoms with Crippen LogP contribution in [0.15, 0.2) is 11.1 Å². The third-order valence-electron chi connectivity index (χ3n) is 6.66. The number of rotatable bonds is 1. The fourth-order valence-corrected chi connectivity index (χ4v) is 5.66. The van der Waals surface area contributed by atoms with Crippen LogP contribution in [0, 0.1) is 22.7 Å². The van der Waals surface area contributed by atoms with Crippen LogP contribution >= 0.6 is 0 Å². The molecule has 1 spiro atoms. The number of aliphatic hydroxyl groups is 1. The number of methoxy groups -OCH3 is 1. The minimum absolute atomic E-state index is 0.0371. The first kappa shape index (κ1) is 13.2. The molecule has 2 saturated carbocycles. The molecule has 3 aliphatic carbocycles. The largest absolute Gasteiger partial charge is 0.466 e. The SMILES string of the molecule is COC(=O)C1=C(C)[C@@]23CC[C@@H](C)[C@@H]2CC[C@@]3(C)[C@H]1O. The van der Waals surface area contributed by atoms with E-state index in [0.29, 0.717) is 17.4 Å². The number of carbonyl (C=O) groups is 1. The summed E-state index contributed by atoms with van der Waals surface area (Å²) in [6, 6.07) is 0. The van der Waals surface area contributed by atoms with Crippen LogP contribution in [0.5, 0.6) is 0 Å². The first-order chi connectivity index (χ1) is 8.90. The molecule has 3 heteroatoms. The summed E-state index contributed by atoms with van der Waals surface area (Å²) in [4.78, 5) is 12.0. The van der Waals surface area contributed by atoms with E-state index in [1.54, 1.807) is 0 Å². The molecule has 19 heavy (non-hydrogen) atoms. The van der Waals surface area contributed by atoms with Gasteiger partial charge in [0.05, 0.1) is 18.8 Å². The van der Waals surface area contributed by atoms with Crippen molar-refractivity contribution in [1.29, 1.82) is 0 Å². The highest BCUT2D eigenvalue weighted by atomic mass is 16.5. The van der Waals surface area contributed by atoms with Gasteiger partial charge in [-0.25, -0.2) is 4.79 Å². The molecule has 3 nitrogen and oxygen atoms in total. The van der Waals surface area contributed by atoms with Gasteiger partial charge in [0.25, 0.3) is 0 Å². The maximum absolute atomic E-state index is 12.0. The van der Waals surface area contributed by atoms with E-state index in [2.05, 4.69) is 20.8 Å². The number of carbonyl (C=O) groups excluding carboxylic acids is 1.